The number of non-ortho nitro benzene ring substituents is 1. The molecule has 0 heterocycles. The molecule has 8 nitrogen and oxygen atoms in total. The second-order valence-electron chi connectivity index (χ2n) is 10.8. The van der Waals surface area contributed by atoms with Crippen LogP contribution in [0.4, 0.5) is 5.69 Å². The molecule has 0 aliphatic heterocycles. The largest absolute Gasteiger partial charge is 0.497 e. The molecule has 0 amide bonds. The van der Waals surface area contributed by atoms with Crippen molar-refractivity contribution in [2.45, 2.75) is 57.0 Å². The van der Waals surface area contributed by atoms with Crippen LogP contribution in [0.1, 0.15) is 68.1 Å². The maximum Gasteiger partial charge on any atom is 0.311 e. The summed E-state index contributed by atoms with van der Waals surface area (Å²) in [6, 6.07) is 32.0. The molecule has 0 saturated carbocycles. The third-order valence-corrected chi connectivity index (χ3v) is 7.80. The fourth-order valence-electron chi connectivity index (χ4n) is 5.37. The summed E-state index contributed by atoms with van der Waals surface area (Å²) in [6.07, 6.45) is 7.18. The SMILES string of the molecule is COc1ccc(C(OCCCCCCCCCC(=O)Oc2ccc([N+](=O)[O-])cc2)(c2ccccc2)c2ccc(OC)cc2)cc1. The van der Waals surface area contributed by atoms with E-state index in [9.17, 15) is 14.9 Å². The van der Waals surface area contributed by atoms with Gasteiger partial charge in [-0.25, -0.2) is 0 Å². The summed E-state index contributed by atoms with van der Waals surface area (Å²) in [5, 5.41) is 10.8. The maximum atomic E-state index is 12.1. The van der Waals surface area contributed by atoms with E-state index >= 15 is 0 Å². The second kappa shape index (κ2) is 17.0. The van der Waals surface area contributed by atoms with Gasteiger partial charge < -0.3 is 18.9 Å². The van der Waals surface area contributed by atoms with Crippen LogP contribution < -0.4 is 14.2 Å². The first-order valence-corrected chi connectivity index (χ1v) is 15.4. The lowest BCUT2D eigenvalue weighted by Gasteiger charge is -2.36. The number of hydrogen-bond donors (Lipinski definition) is 0. The monoisotopic (exact) mass is 611 g/mol. The number of esters is 1. The summed E-state index contributed by atoms with van der Waals surface area (Å²) in [5.41, 5.74) is 2.25. The number of rotatable bonds is 18. The van der Waals surface area contributed by atoms with Crippen molar-refractivity contribution in [2.24, 2.45) is 0 Å². The quantitative estimate of drug-likeness (QED) is 0.0277. The fourth-order valence-corrected chi connectivity index (χ4v) is 5.37. The molecule has 0 N–H and O–H groups in total. The van der Waals surface area contributed by atoms with Crippen molar-refractivity contribution in [1.82, 2.24) is 0 Å². The lowest BCUT2D eigenvalue weighted by atomic mass is 9.80. The molecule has 0 aromatic heterocycles. The van der Waals surface area contributed by atoms with Gasteiger partial charge in [0.1, 0.15) is 22.8 Å². The number of carbonyl (C=O) groups is 1. The van der Waals surface area contributed by atoms with Gasteiger partial charge in [0.25, 0.3) is 5.69 Å². The Kier molecular flexibility index (Phi) is 12.5. The van der Waals surface area contributed by atoms with E-state index < -0.39 is 10.5 Å². The van der Waals surface area contributed by atoms with Gasteiger partial charge in [-0.1, -0.05) is 86.7 Å². The lowest BCUT2D eigenvalue weighted by molar-refractivity contribution is -0.384. The van der Waals surface area contributed by atoms with E-state index in [2.05, 4.69) is 36.4 Å². The average molecular weight is 612 g/mol. The molecule has 45 heavy (non-hydrogen) atoms. The Morgan fingerprint density at radius 2 is 1.09 bits per heavy atom. The summed E-state index contributed by atoms with van der Waals surface area (Å²) < 4.78 is 23.0. The molecular weight excluding hydrogens is 570 g/mol. The van der Waals surface area contributed by atoms with Crippen LogP contribution in [0.25, 0.3) is 0 Å². The zero-order valence-electron chi connectivity index (χ0n) is 26.0. The molecule has 8 heteroatoms. The molecular formula is C37H41NO7. The summed E-state index contributed by atoms with van der Waals surface area (Å²) >= 11 is 0. The summed E-state index contributed by atoms with van der Waals surface area (Å²) in [4.78, 5) is 22.4. The third-order valence-electron chi connectivity index (χ3n) is 7.80. The molecule has 0 fully saturated rings. The van der Waals surface area contributed by atoms with Crippen molar-refractivity contribution >= 4 is 11.7 Å². The van der Waals surface area contributed by atoms with E-state index in [1.807, 2.05) is 42.5 Å². The Labute approximate surface area is 265 Å². The van der Waals surface area contributed by atoms with E-state index in [4.69, 9.17) is 18.9 Å². The first-order valence-electron chi connectivity index (χ1n) is 15.4. The van der Waals surface area contributed by atoms with Gasteiger partial charge in [0.15, 0.2) is 0 Å². The van der Waals surface area contributed by atoms with Gasteiger partial charge in [0, 0.05) is 25.2 Å². The second-order valence-corrected chi connectivity index (χ2v) is 10.8. The number of unbranched alkanes of at least 4 members (excludes halogenated alkanes) is 6. The van der Waals surface area contributed by atoms with Crippen molar-refractivity contribution in [3.63, 3.8) is 0 Å². The molecule has 0 radical (unpaired) electrons. The highest BCUT2D eigenvalue weighted by Crippen LogP contribution is 2.41. The van der Waals surface area contributed by atoms with Crippen LogP contribution in [0.3, 0.4) is 0 Å². The van der Waals surface area contributed by atoms with Gasteiger partial charge in [0.2, 0.25) is 0 Å². The minimum atomic E-state index is -0.803. The Hall–Kier alpha value is -4.69. The van der Waals surface area contributed by atoms with Gasteiger partial charge in [-0.15, -0.1) is 0 Å². The minimum Gasteiger partial charge on any atom is -0.497 e. The highest BCUT2D eigenvalue weighted by molar-refractivity contribution is 5.72. The normalized spacial score (nSPS) is 11.2. The van der Waals surface area contributed by atoms with Gasteiger partial charge in [-0.3, -0.25) is 14.9 Å². The van der Waals surface area contributed by atoms with Gasteiger partial charge >= 0.3 is 5.97 Å². The Balaban J connectivity index is 1.27. The Bertz CT molecular complexity index is 1420. The van der Waals surface area contributed by atoms with Crippen LogP contribution in [0.2, 0.25) is 0 Å². The highest BCUT2D eigenvalue weighted by atomic mass is 16.6. The van der Waals surface area contributed by atoms with Crippen molar-refractivity contribution in [3.8, 4) is 17.2 Å². The lowest BCUT2D eigenvalue weighted by Crippen LogP contribution is -2.33. The number of benzene rings is 4. The molecule has 4 aromatic rings. The molecule has 0 saturated heterocycles. The first kappa shape index (κ1) is 33.2. The van der Waals surface area contributed by atoms with Crippen LogP contribution in [-0.4, -0.2) is 31.7 Å². The predicted molar refractivity (Wildman–Crippen MR) is 174 cm³/mol. The van der Waals surface area contributed by atoms with Gasteiger partial charge in [0.05, 0.1) is 19.1 Å². The molecule has 0 bridgehead atoms. The molecule has 4 rings (SSSR count). The van der Waals surface area contributed by atoms with Gasteiger partial charge in [-0.05, 0) is 65.9 Å². The van der Waals surface area contributed by atoms with Gasteiger partial charge in [-0.2, -0.15) is 0 Å². The molecule has 236 valence electrons. The number of nitro groups is 1. The number of ether oxygens (including phenoxy) is 4. The zero-order valence-corrected chi connectivity index (χ0v) is 26.0. The van der Waals surface area contributed by atoms with E-state index in [0.717, 1.165) is 73.1 Å². The van der Waals surface area contributed by atoms with Crippen LogP contribution in [-0.2, 0) is 15.1 Å². The highest BCUT2D eigenvalue weighted by Gasteiger charge is 2.37. The third kappa shape index (κ3) is 9.16. The van der Waals surface area contributed by atoms with Crippen molar-refractivity contribution in [1.29, 1.82) is 0 Å². The fraction of sp³-hybridized carbons (Fsp3) is 0.324. The topological polar surface area (TPSA) is 97.1 Å². The smallest absolute Gasteiger partial charge is 0.311 e. The maximum absolute atomic E-state index is 12.1. The van der Waals surface area contributed by atoms with Crippen LogP contribution in [0, 0.1) is 10.1 Å². The summed E-state index contributed by atoms with van der Waals surface area (Å²) in [7, 11) is 3.33. The van der Waals surface area contributed by atoms with Crippen LogP contribution in [0.5, 0.6) is 17.2 Å². The molecule has 0 aliphatic carbocycles. The number of nitrogens with zero attached hydrogens (tertiary/aromatic N) is 1. The summed E-state index contributed by atoms with van der Waals surface area (Å²) in [6.45, 7) is 0.585. The van der Waals surface area contributed by atoms with Crippen molar-refractivity contribution in [3.05, 3.63) is 130 Å². The summed E-state index contributed by atoms with van der Waals surface area (Å²) in [5.74, 6) is 1.58. The van der Waals surface area contributed by atoms with E-state index in [0.29, 0.717) is 18.8 Å². The average Bonchev–Trinajstić information content (AvgIpc) is 3.08. The van der Waals surface area contributed by atoms with Crippen LogP contribution in [0.15, 0.2) is 103 Å². The first-order chi connectivity index (χ1) is 22.0. The number of methoxy groups -OCH3 is 2. The standard InChI is InChI=1S/C37H41NO7/c1-42-33-22-16-30(17-23-33)37(29-13-9-8-10-14-29,31-18-24-34(43-2)25-19-31)44-28-12-7-5-3-4-6-11-15-36(39)45-35-26-20-32(21-27-35)38(40)41/h8-10,13-14,16-27H,3-7,11-12,15,28H2,1-2H3. The predicted octanol–water partition coefficient (Wildman–Crippen LogP) is 8.65. The molecule has 4 aromatic carbocycles. The molecule has 0 aliphatic rings. The van der Waals surface area contributed by atoms with Crippen molar-refractivity contribution in [2.75, 3.05) is 20.8 Å². The Morgan fingerprint density at radius 1 is 0.622 bits per heavy atom. The minimum absolute atomic E-state index is 0.0358. The number of nitro benzene ring substituents is 1. The zero-order chi connectivity index (χ0) is 31.9. The van der Waals surface area contributed by atoms with E-state index in [-0.39, 0.29) is 11.7 Å². The number of hydrogen-bond acceptors (Lipinski definition) is 7. The molecule has 0 atom stereocenters. The van der Waals surface area contributed by atoms with E-state index in [1.165, 1.54) is 24.3 Å². The van der Waals surface area contributed by atoms with E-state index in [1.54, 1.807) is 14.2 Å². The molecule has 0 unspecified atom stereocenters. The van der Waals surface area contributed by atoms with Crippen molar-refractivity contribution < 1.29 is 28.7 Å². The number of carbonyl (C=O) groups excluding carboxylic acids is 1. The molecule has 0 spiro atoms. The Morgan fingerprint density at radius 3 is 1.60 bits per heavy atom. The van der Waals surface area contributed by atoms with Crippen LogP contribution >= 0.6 is 0 Å².